The van der Waals surface area contributed by atoms with E-state index in [4.69, 9.17) is 4.98 Å². The molecule has 8 heteroatoms. The normalized spacial score (nSPS) is 18.9. The fourth-order valence-electron chi connectivity index (χ4n) is 3.69. The zero-order chi connectivity index (χ0) is 18.8. The summed E-state index contributed by atoms with van der Waals surface area (Å²) in [4.78, 5) is 23.3. The van der Waals surface area contributed by atoms with Crippen molar-refractivity contribution in [3.63, 3.8) is 0 Å². The lowest BCUT2D eigenvalue weighted by Gasteiger charge is -2.37. The Morgan fingerprint density at radius 1 is 0.889 bits per heavy atom. The summed E-state index contributed by atoms with van der Waals surface area (Å²) in [5.41, 5.74) is 1.20. The van der Waals surface area contributed by atoms with Gasteiger partial charge in [-0.1, -0.05) is 0 Å². The molecule has 2 aromatic heterocycles. The number of halogens is 1. The Balaban J connectivity index is 1.41. The first kappa shape index (κ1) is 18.4. The zero-order valence-corrected chi connectivity index (χ0v) is 17.6. The molecule has 0 aromatic carbocycles. The molecule has 2 fully saturated rings. The second-order valence-electron chi connectivity index (χ2n) is 7.27. The molecule has 0 aliphatic carbocycles. The van der Waals surface area contributed by atoms with Gasteiger partial charge < -0.3 is 19.6 Å². The number of nitrogens with zero attached hydrogens (tertiary/aromatic N) is 7. The summed E-state index contributed by atoms with van der Waals surface area (Å²) in [6.07, 6.45) is 3.76. The van der Waals surface area contributed by atoms with Gasteiger partial charge in [0.2, 0.25) is 5.95 Å². The van der Waals surface area contributed by atoms with Crippen molar-refractivity contribution in [1.82, 2.24) is 19.9 Å². The van der Waals surface area contributed by atoms with Gasteiger partial charge in [0, 0.05) is 69.2 Å². The molecule has 0 amide bonds. The first-order chi connectivity index (χ1) is 13.1. The van der Waals surface area contributed by atoms with E-state index in [0.717, 1.165) is 74.4 Å². The Hall–Kier alpha value is -1.93. The average Bonchev–Trinajstić information content (AvgIpc) is 2.69. The number of anilines is 3. The molecule has 7 nitrogen and oxygen atoms in total. The van der Waals surface area contributed by atoms with E-state index >= 15 is 0 Å². The van der Waals surface area contributed by atoms with E-state index < -0.39 is 0 Å². The monoisotopic (exact) mass is 431 g/mol. The first-order valence-corrected chi connectivity index (χ1v) is 10.3. The van der Waals surface area contributed by atoms with Crippen molar-refractivity contribution in [1.29, 1.82) is 0 Å². The summed E-state index contributed by atoms with van der Waals surface area (Å²) in [5, 5.41) is 0. The summed E-state index contributed by atoms with van der Waals surface area (Å²) in [6, 6.07) is 4.15. The van der Waals surface area contributed by atoms with Crippen molar-refractivity contribution in [3.8, 4) is 0 Å². The number of pyridine rings is 1. The predicted molar refractivity (Wildman–Crippen MR) is 113 cm³/mol. The fourth-order valence-corrected chi connectivity index (χ4v) is 4.13. The van der Waals surface area contributed by atoms with Crippen molar-refractivity contribution in [2.45, 2.75) is 6.92 Å². The lowest BCUT2D eigenvalue weighted by Crippen LogP contribution is -2.48. The van der Waals surface area contributed by atoms with Crippen LogP contribution in [0.5, 0.6) is 0 Å². The van der Waals surface area contributed by atoms with Gasteiger partial charge in [0.1, 0.15) is 11.6 Å². The second kappa shape index (κ2) is 7.98. The maximum atomic E-state index is 4.85. The number of aromatic nitrogens is 3. The first-order valence-electron chi connectivity index (χ1n) is 9.49. The largest absolute Gasteiger partial charge is 0.354 e. The molecular weight excluding hydrogens is 406 g/mol. The molecule has 0 unspecified atom stereocenters. The molecule has 0 atom stereocenters. The molecule has 0 spiro atoms. The number of likely N-dealkylation sites (N-methyl/N-ethyl adjacent to an activating group) is 1. The maximum absolute atomic E-state index is 4.85. The SMILES string of the molecule is Cc1cc(Br)cnc1N1CCN(c2nccc(N3CCN(C)CC3)n2)CC1. The van der Waals surface area contributed by atoms with Gasteiger partial charge in [0.05, 0.1) is 0 Å². The maximum Gasteiger partial charge on any atom is 0.227 e. The van der Waals surface area contributed by atoms with E-state index in [0.29, 0.717) is 0 Å². The van der Waals surface area contributed by atoms with Crippen LogP contribution < -0.4 is 14.7 Å². The Bertz CT molecular complexity index is 783. The van der Waals surface area contributed by atoms with Crippen LogP contribution in [0.3, 0.4) is 0 Å². The molecular formula is C19H26BrN7. The van der Waals surface area contributed by atoms with Crippen LogP contribution in [-0.2, 0) is 0 Å². The molecule has 144 valence electrons. The summed E-state index contributed by atoms with van der Waals surface area (Å²) in [7, 11) is 2.17. The molecule has 2 saturated heterocycles. The van der Waals surface area contributed by atoms with Crippen LogP contribution >= 0.6 is 15.9 Å². The van der Waals surface area contributed by atoms with Crippen molar-refractivity contribution >= 4 is 33.5 Å². The predicted octanol–water partition coefficient (Wildman–Crippen LogP) is 2.02. The molecule has 0 saturated carbocycles. The summed E-state index contributed by atoms with van der Waals surface area (Å²) in [6.45, 7) is 9.99. The molecule has 0 N–H and O–H groups in total. The Morgan fingerprint density at radius 3 is 2.26 bits per heavy atom. The average molecular weight is 432 g/mol. The minimum atomic E-state index is 0.839. The van der Waals surface area contributed by atoms with Gasteiger partial charge in [-0.15, -0.1) is 0 Å². The Morgan fingerprint density at radius 2 is 1.56 bits per heavy atom. The number of hydrogen-bond acceptors (Lipinski definition) is 7. The minimum absolute atomic E-state index is 0.839. The third kappa shape index (κ3) is 4.16. The molecule has 0 radical (unpaired) electrons. The van der Waals surface area contributed by atoms with Gasteiger partial charge in [0.15, 0.2) is 0 Å². The Labute approximate surface area is 169 Å². The molecule has 27 heavy (non-hydrogen) atoms. The third-order valence-corrected chi connectivity index (χ3v) is 5.77. The summed E-state index contributed by atoms with van der Waals surface area (Å²) in [5.74, 6) is 2.96. The van der Waals surface area contributed by atoms with E-state index in [-0.39, 0.29) is 0 Å². The number of rotatable bonds is 3. The van der Waals surface area contributed by atoms with Crippen LogP contribution in [0.25, 0.3) is 0 Å². The second-order valence-corrected chi connectivity index (χ2v) is 8.19. The van der Waals surface area contributed by atoms with Crippen molar-refractivity contribution in [2.24, 2.45) is 0 Å². The standard InChI is InChI=1S/C19H26BrN7/c1-15-13-16(20)14-22-18(15)26-9-11-27(12-10-26)19-21-4-3-17(23-19)25-7-5-24(2)6-8-25/h3-4,13-14H,5-12H2,1-2H3. The van der Waals surface area contributed by atoms with E-state index in [9.17, 15) is 0 Å². The zero-order valence-electron chi connectivity index (χ0n) is 16.0. The highest BCUT2D eigenvalue weighted by molar-refractivity contribution is 9.10. The number of piperazine rings is 2. The minimum Gasteiger partial charge on any atom is -0.354 e. The van der Waals surface area contributed by atoms with Gasteiger partial charge in [0.25, 0.3) is 0 Å². The molecule has 2 aromatic rings. The van der Waals surface area contributed by atoms with E-state index in [1.165, 1.54) is 5.56 Å². The van der Waals surface area contributed by atoms with Crippen LogP contribution in [0.1, 0.15) is 5.56 Å². The van der Waals surface area contributed by atoms with Crippen molar-refractivity contribution < 1.29 is 0 Å². The fraction of sp³-hybridized carbons (Fsp3) is 0.526. The van der Waals surface area contributed by atoms with Gasteiger partial charge in [-0.2, -0.15) is 4.98 Å². The molecule has 0 bridgehead atoms. The van der Waals surface area contributed by atoms with Gasteiger partial charge >= 0.3 is 0 Å². The number of hydrogen-bond donors (Lipinski definition) is 0. The smallest absolute Gasteiger partial charge is 0.227 e. The lowest BCUT2D eigenvalue weighted by molar-refractivity contribution is 0.312. The molecule has 2 aliphatic heterocycles. The summed E-state index contributed by atoms with van der Waals surface area (Å²) < 4.78 is 1.02. The highest BCUT2D eigenvalue weighted by Crippen LogP contribution is 2.23. The quantitative estimate of drug-likeness (QED) is 0.736. The van der Waals surface area contributed by atoms with Crippen LogP contribution in [0.4, 0.5) is 17.6 Å². The highest BCUT2D eigenvalue weighted by atomic mass is 79.9. The van der Waals surface area contributed by atoms with E-state index in [2.05, 4.69) is 65.5 Å². The van der Waals surface area contributed by atoms with Crippen LogP contribution in [-0.4, -0.2) is 79.3 Å². The third-order valence-electron chi connectivity index (χ3n) is 5.33. The topological polar surface area (TPSA) is 51.6 Å². The van der Waals surface area contributed by atoms with E-state index in [1.54, 1.807) is 0 Å². The number of aryl methyl sites for hydroxylation is 1. The summed E-state index contributed by atoms with van der Waals surface area (Å²) >= 11 is 3.49. The van der Waals surface area contributed by atoms with Crippen molar-refractivity contribution in [3.05, 3.63) is 34.6 Å². The van der Waals surface area contributed by atoms with Gasteiger partial charge in [-0.3, -0.25) is 0 Å². The lowest BCUT2D eigenvalue weighted by atomic mass is 10.2. The van der Waals surface area contributed by atoms with Crippen LogP contribution in [0.15, 0.2) is 29.0 Å². The van der Waals surface area contributed by atoms with E-state index in [1.807, 2.05) is 18.5 Å². The van der Waals surface area contributed by atoms with Gasteiger partial charge in [-0.05, 0) is 47.6 Å². The molecule has 4 rings (SSSR count). The highest BCUT2D eigenvalue weighted by Gasteiger charge is 2.22. The van der Waals surface area contributed by atoms with Crippen LogP contribution in [0, 0.1) is 6.92 Å². The van der Waals surface area contributed by atoms with Crippen LogP contribution in [0.2, 0.25) is 0 Å². The van der Waals surface area contributed by atoms with Crippen molar-refractivity contribution in [2.75, 3.05) is 74.1 Å². The van der Waals surface area contributed by atoms with Gasteiger partial charge in [-0.25, -0.2) is 9.97 Å². The molecule has 4 heterocycles. The molecule has 2 aliphatic rings. The Kier molecular flexibility index (Phi) is 5.45.